The Bertz CT molecular complexity index is 4800. The van der Waals surface area contributed by atoms with Crippen LogP contribution >= 0.6 is 46.4 Å². The summed E-state index contributed by atoms with van der Waals surface area (Å²) in [6, 6.07) is 62.9. The number of ether oxygens (including phenoxy) is 5. The summed E-state index contributed by atoms with van der Waals surface area (Å²) in [4.78, 5) is 69.5. The van der Waals surface area contributed by atoms with Crippen LogP contribution < -0.4 is 0 Å². The predicted molar refractivity (Wildman–Crippen MR) is 622 cm³/mol. The van der Waals surface area contributed by atoms with Gasteiger partial charge in [0.2, 0.25) is 5.28 Å². The van der Waals surface area contributed by atoms with Crippen LogP contribution in [0.1, 0.15) is 178 Å². The standard InChI is InChI=1S/2C10H14N2.2C9H11ClN2.2C9H13N3.2C8H10ClN3.5C8H10O.5CH4.2CH3.Mg/c1-8-5-9-3-4-12(2)7-10(9)6-11-8;1-8-3-4-9-7-12(2)6-5-10(9)11-8;1-12-3-2-7-4-9(10)11-5-8(7)6-12;1-12-5-4-8-7(6-12)2-3-9(10)11-8;1-7-10-5-8-6-12(2)4-3-9(8)11-7;1-7-5-10-9-6-12(2)4-3-8(9)11-7;1-12-3-2-7-6(5-12)4-10-8(9)11-7;1-12-3-2-6-7(5-12)10-4-8(9)11-6;5*1-9-7-8-5-3-2-4-6-8;;;;;;;;/h5-6H,3-4,7H2,1-2H3;3-4H,5-7H2,1-2H3;4-5H,2-3,6H2,1H3;2-3H,4-6H2,1H3;2*5H,3-4,6H2,1-2H3;2*4H,2-3,5H2,1H3;5*2-6H,7H2,1H3;5*1H4;2*1H3;/q;;;;;;;;;;;;;;;;;;2*-1;+2. The van der Waals surface area contributed by atoms with Gasteiger partial charge in [-0.05, 0) is 194 Å². The van der Waals surface area contributed by atoms with Crippen LogP contribution in [0.2, 0.25) is 20.7 Å². The zero-order chi connectivity index (χ0) is 101. The van der Waals surface area contributed by atoms with E-state index < -0.39 is 0 Å². The number of fused-ring (bicyclic) bond motifs is 8. The number of hydrogen-bond acceptors (Lipinski definition) is 25. The fraction of sp³-hybridized carbons (Fsp3) is 0.429. The van der Waals surface area contributed by atoms with Gasteiger partial charge < -0.3 is 77.7 Å². The third-order valence-electron chi connectivity index (χ3n) is 23.6. The van der Waals surface area contributed by atoms with Crippen LogP contribution in [-0.4, -0.2) is 266 Å². The number of aryl methyl sites for hydroxylation is 4. The van der Waals surface area contributed by atoms with Gasteiger partial charge in [-0.1, -0.05) is 236 Å². The van der Waals surface area contributed by atoms with E-state index in [1.807, 2.05) is 209 Å². The molecule has 0 radical (unpaired) electrons. The van der Waals surface area contributed by atoms with E-state index in [0.717, 1.165) is 189 Å². The van der Waals surface area contributed by atoms with Crippen molar-refractivity contribution in [2.24, 2.45) is 0 Å². The minimum atomic E-state index is 0. The van der Waals surface area contributed by atoms with Crippen molar-refractivity contribution in [3.63, 3.8) is 0 Å². The van der Waals surface area contributed by atoms with Gasteiger partial charge in [0.15, 0.2) is 0 Å². The molecular formula is C119H172Cl4MgN20O5. The zero-order valence-corrected chi connectivity index (χ0v) is 93.0. The Labute approximate surface area is 932 Å². The number of aromatic nitrogens is 12. The Morgan fingerprint density at radius 1 is 0.235 bits per heavy atom. The van der Waals surface area contributed by atoms with Gasteiger partial charge in [-0.2, -0.15) is 0 Å². The molecule has 5 aromatic carbocycles. The van der Waals surface area contributed by atoms with E-state index in [4.69, 9.17) is 70.1 Å². The summed E-state index contributed by atoms with van der Waals surface area (Å²) in [6.45, 7) is 28.3. The quantitative estimate of drug-likeness (QED) is 0.0536. The molecule has 0 saturated carbocycles. The smallest absolute Gasteiger partial charge is 0.380 e. The number of likely N-dealkylation sites (N-methyl/N-ethyl adjacent to an activating group) is 8. The van der Waals surface area contributed by atoms with Crippen LogP contribution in [0.5, 0.6) is 0 Å². The first kappa shape index (κ1) is 137. The van der Waals surface area contributed by atoms with Crippen LogP contribution in [0, 0.1) is 42.5 Å². The summed E-state index contributed by atoms with van der Waals surface area (Å²) < 4.78 is 24.6. The second-order valence-electron chi connectivity index (χ2n) is 36.2. The molecule has 0 atom stereocenters. The molecule has 0 bridgehead atoms. The average Bonchev–Trinajstić information content (AvgIpc) is 0.872. The van der Waals surface area contributed by atoms with Crippen molar-refractivity contribution in [2.75, 3.05) is 144 Å². The molecule has 16 heterocycles. The van der Waals surface area contributed by atoms with E-state index in [0.29, 0.717) is 53.8 Å². The number of rotatable bonds is 10. The van der Waals surface area contributed by atoms with E-state index in [9.17, 15) is 0 Å². The molecule has 8 aliphatic heterocycles. The number of pyridine rings is 4. The number of methoxy groups -OCH3 is 5. The molecule has 25 nitrogen and oxygen atoms in total. The van der Waals surface area contributed by atoms with Gasteiger partial charge in [0.1, 0.15) is 21.3 Å². The van der Waals surface area contributed by atoms with Gasteiger partial charge in [0.25, 0.3) is 0 Å². The second-order valence-corrected chi connectivity index (χ2v) is 37.7. The van der Waals surface area contributed by atoms with Crippen molar-refractivity contribution >= 4 is 69.5 Å². The molecular weight excluding hydrogens is 1960 g/mol. The minimum absolute atomic E-state index is 0. The Morgan fingerprint density at radius 2 is 0.530 bits per heavy atom. The Hall–Kier alpha value is -9.57. The molecule has 0 fully saturated rings. The van der Waals surface area contributed by atoms with Crippen LogP contribution in [0.4, 0.5) is 0 Å². The van der Waals surface area contributed by atoms with Crippen molar-refractivity contribution in [3.8, 4) is 0 Å². The average molecular weight is 2130 g/mol. The molecule has 30 heteroatoms. The second kappa shape index (κ2) is 76.9. The van der Waals surface area contributed by atoms with E-state index in [1.165, 1.54) is 108 Å². The molecule has 8 aliphatic rings. The fourth-order valence-corrected chi connectivity index (χ4v) is 16.7. The first-order valence-corrected chi connectivity index (χ1v) is 49.7. The van der Waals surface area contributed by atoms with Gasteiger partial charge in [-0.25, -0.2) is 34.9 Å². The normalized spacial score (nSPS) is 14.1. The number of hydrogen-bond donors (Lipinski definition) is 0. The molecule has 0 spiro atoms. The summed E-state index contributed by atoms with van der Waals surface area (Å²) in [7, 11) is 25.5. The minimum Gasteiger partial charge on any atom is -0.380 e. The summed E-state index contributed by atoms with van der Waals surface area (Å²) in [5.74, 6) is 0.887. The molecule has 8 aromatic heterocycles. The maximum Gasteiger partial charge on any atom is 2.00 e. The van der Waals surface area contributed by atoms with Crippen molar-refractivity contribution in [2.45, 2.75) is 202 Å². The summed E-state index contributed by atoms with van der Waals surface area (Å²) in [5, 5.41) is 2.08. The third kappa shape index (κ3) is 52.5. The van der Waals surface area contributed by atoms with Crippen LogP contribution in [0.15, 0.2) is 225 Å². The predicted octanol–water partition coefficient (Wildman–Crippen LogP) is 22.8. The molecule has 21 rings (SSSR count). The number of nitrogens with zero attached hydrogens (tertiary/aromatic N) is 20. The zero-order valence-electron chi connectivity index (χ0n) is 88.6. The van der Waals surface area contributed by atoms with E-state index >= 15 is 0 Å². The van der Waals surface area contributed by atoms with Gasteiger partial charge in [-0.15, -0.1) is 0 Å². The number of halogens is 4. The van der Waals surface area contributed by atoms with E-state index in [2.05, 4.69) is 194 Å². The topological polar surface area (TPSA) is 227 Å². The third-order valence-corrected chi connectivity index (χ3v) is 24.4. The van der Waals surface area contributed by atoms with E-state index in [1.54, 1.807) is 41.7 Å². The maximum atomic E-state index is 5.79. The summed E-state index contributed by atoms with van der Waals surface area (Å²) in [6.07, 6.45) is 19.6. The van der Waals surface area contributed by atoms with Crippen LogP contribution in [-0.2, 0) is 160 Å². The summed E-state index contributed by atoms with van der Waals surface area (Å²) in [5.41, 5.74) is 29.4. The van der Waals surface area contributed by atoms with Gasteiger partial charge in [-0.3, -0.25) is 24.9 Å². The molecule has 808 valence electrons. The molecule has 0 amide bonds. The molecule has 0 N–H and O–H groups in total. The fourth-order valence-electron chi connectivity index (χ4n) is 16.1. The summed E-state index contributed by atoms with van der Waals surface area (Å²) >= 11 is 23.0. The Balaban J connectivity index is 0.000000805. The molecule has 149 heavy (non-hydrogen) atoms. The van der Waals surface area contributed by atoms with Crippen molar-refractivity contribution in [3.05, 3.63) is 402 Å². The maximum absolute atomic E-state index is 5.79. The molecule has 13 aromatic rings. The van der Waals surface area contributed by atoms with E-state index in [-0.39, 0.29) is 75.0 Å². The first-order chi connectivity index (χ1) is 68.2. The van der Waals surface area contributed by atoms with Crippen LogP contribution in [0.25, 0.3) is 0 Å². The largest absolute Gasteiger partial charge is 2.00 e. The monoisotopic (exact) mass is 2130 g/mol. The van der Waals surface area contributed by atoms with Crippen molar-refractivity contribution in [1.82, 2.24) is 99.0 Å². The molecule has 0 aliphatic carbocycles. The molecule has 0 saturated heterocycles. The SMILES string of the molecule is C.C.C.C.C.CN1CCc2cc(Cl)ncc2C1.CN1CCc2nc(Cl)ccc2C1.CN1CCc2nc(Cl)cnc2C1.CN1CCc2nc(Cl)ncc2C1.COCc1ccccc1.COCc1ccccc1.COCc1ccccc1.COCc1ccccc1.COCc1ccccc1.Cc1cc2c(cn1)CN(C)CC2.Cc1ccc2c(n1)CCN(C)C2.Cc1cnc2c(n1)CCN(C)C2.Cc1ncc2c(n1)CCN(C)C2.[CH3-].[CH3-].[Mg+2]. The van der Waals surface area contributed by atoms with Gasteiger partial charge >= 0.3 is 23.1 Å². The Morgan fingerprint density at radius 3 is 0.933 bits per heavy atom. The van der Waals surface area contributed by atoms with Gasteiger partial charge in [0.05, 0.1) is 73.4 Å². The van der Waals surface area contributed by atoms with Crippen LogP contribution in [0.3, 0.4) is 0 Å². The number of benzene rings is 5. The van der Waals surface area contributed by atoms with Gasteiger partial charge in [0, 0.05) is 249 Å². The van der Waals surface area contributed by atoms with Crippen molar-refractivity contribution < 1.29 is 23.7 Å². The first-order valence-electron chi connectivity index (χ1n) is 48.1. The van der Waals surface area contributed by atoms with Crippen molar-refractivity contribution in [1.29, 1.82) is 0 Å². The molecule has 0 unspecified atom stereocenters. The Kier molecular flexibility index (Phi) is 70.9.